The Morgan fingerprint density at radius 3 is 2.66 bits per heavy atom. The summed E-state index contributed by atoms with van der Waals surface area (Å²) < 4.78 is 11.9. The summed E-state index contributed by atoms with van der Waals surface area (Å²) in [6, 6.07) is 15.5. The Hall–Kier alpha value is -2.65. The molecule has 1 heterocycles. The van der Waals surface area contributed by atoms with Crippen LogP contribution >= 0.6 is 51.3 Å². The monoisotopic (exact) mass is 549 g/mol. The molecule has 2 N–H and O–H groups in total. The van der Waals surface area contributed by atoms with Gasteiger partial charge in [0.15, 0.2) is 10.7 Å². The quantitative estimate of drug-likeness (QED) is 0.275. The van der Waals surface area contributed by atoms with Crippen molar-refractivity contribution in [1.82, 2.24) is 10.3 Å². The molecule has 32 heavy (non-hydrogen) atoms. The molecule has 0 aliphatic rings. The molecule has 0 saturated carbocycles. The van der Waals surface area contributed by atoms with E-state index in [9.17, 15) is 4.79 Å². The van der Waals surface area contributed by atoms with E-state index in [2.05, 4.69) is 31.5 Å². The van der Waals surface area contributed by atoms with Crippen LogP contribution in [0.1, 0.15) is 10.4 Å². The Morgan fingerprint density at radius 1 is 1.12 bits per heavy atom. The van der Waals surface area contributed by atoms with E-state index in [4.69, 9.17) is 44.6 Å². The largest absolute Gasteiger partial charge is 0.496 e. The Labute approximate surface area is 207 Å². The van der Waals surface area contributed by atoms with Crippen molar-refractivity contribution in [2.45, 2.75) is 0 Å². The third kappa shape index (κ3) is 4.88. The molecule has 10 heteroatoms. The van der Waals surface area contributed by atoms with Gasteiger partial charge in [0.2, 0.25) is 5.89 Å². The van der Waals surface area contributed by atoms with Crippen molar-refractivity contribution >= 4 is 79.2 Å². The second-order valence-corrected chi connectivity index (χ2v) is 8.69. The Kier molecular flexibility index (Phi) is 6.66. The maximum atomic E-state index is 12.4. The highest BCUT2D eigenvalue weighted by molar-refractivity contribution is 9.10. The minimum atomic E-state index is -0.445. The van der Waals surface area contributed by atoms with Crippen molar-refractivity contribution in [2.24, 2.45) is 0 Å². The molecule has 0 aliphatic heterocycles. The Bertz CT molecular complexity index is 1360. The fourth-order valence-corrected chi connectivity index (χ4v) is 4.18. The highest BCUT2D eigenvalue weighted by Crippen LogP contribution is 2.32. The van der Waals surface area contributed by atoms with Gasteiger partial charge in [-0.25, -0.2) is 4.98 Å². The molecule has 0 bridgehead atoms. The summed E-state index contributed by atoms with van der Waals surface area (Å²) in [5.41, 5.74) is 2.95. The van der Waals surface area contributed by atoms with Gasteiger partial charge < -0.3 is 14.5 Å². The van der Waals surface area contributed by atoms with Gasteiger partial charge in [0.1, 0.15) is 11.3 Å². The second-order valence-electron chi connectivity index (χ2n) is 6.58. The molecule has 162 valence electrons. The maximum Gasteiger partial charge on any atom is 0.258 e. The molecule has 3 aromatic carbocycles. The number of hydrogen-bond acceptors (Lipinski definition) is 5. The lowest BCUT2D eigenvalue weighted by Gasteiger charge is -2.10. The van der Waals surface area contributed by atoms with Crippen LogP contribution in [0.5, 0.6) is 5.75 Å². The topological polar surface area (TPSA) is 76.4 Å². The van der Waals surface area contributed by atoms with Gasteiger partial charge in [-0.3, -0.25) is 10.1 Å². The van der Waals surface area contributed by atoms with Crippen LogP contribution in [0.15, 0.2) is 63.5 Å². The van der Waals surface area contributed by atoms with Gasteiger partial charge in [-0.1, -0.05) is 23.2 Å². The summed E-state index contributed by atoms with van der Waals surface area (Å²) in [6.45, 7) is 0. The summed E-state index contributed by atoms with van der Waals surface area (Å²) >= 11 is 20.7. The van der Waals surface area contributed by atoms with E-state index in [1.807, 2.05) is 18.2 Å². The number of oxazole rings is 1. The first kappa shape index (κ1) is 22.5. The number of anilines is 1. The van der Waals surface area contributed by atoms with Gasteiger partial charge in [-0.05, 0) is 82.7 Å². The molecular formula is C22H14BrCl2N3O3S. The van der Waals surface area contributed by atoms with Crippen LogP contribution in [0.25, 0.3) is 22.6 Å². The number of methoxy groups -OCH3 is 1. The van der Waals surface area contributed by atoms with Crippen molar-refractivity contribution in [1.29, 1.82) is 0 Å². The molecule has 0 saturated heterocycles. The van der Waals surface area contributed by atoms with Gasteiger partial charge in [0.05, 0.1) is 22.2 Å². The molecular weight excluding hydrogens is 537 g/mol. The number of thiocarbonyl (C=S) groups is 1. The zero-order valence-corrected chi connectivity index (χ0v) is 20.3. The number of amides is 1. The number of carbonyl (C=O) groups excluding carboxylic acids is 1. The number of halogens is 3. The number of hydrogen-bond donors (Lipinski definition) is 2. The number of ether oxygens (including phenoxy) is 1. The van der Waals surface area contributed by atoms with E-state index >= 15 is 0 Å². The van der Waals surface area contributed by atoms with E-state index in [1.165, 1.54) is 12.1 Å². The number of nitrogens with zero attached hydrogens (tertiary/aromatic N) is 1. The van der Waals surface area contributed by atoms with Crippen molar-refractivity contribution in [2.75, 3.05) is 12.4 Å². The summed E-state index contributed by atoms with van der Waals surface area (Å²) in [5, 5.41) is 6.35. The smallest absolute Gasteiger partial charge is 0.258 e. The Morgan fingerprint density at radius 2 is 1.94 bits per heavy atom. The molecule has 1 aromatic heterocycles. The highest BCUT2D eigenvalue weighted by Gasteiger charge is 2.14. The van der Waals surface area contributed by atoms with Crippen LogP contribution in [-0.4, -0.2) is 23.1 Å². The first-order chi connectivity index (χ1) is 15.3. The average Bonchev–Trinajstić information content (AvgIpc) is 3.17. The van der Waals surface area contributed by atoms with Crippen molar-refractivity contribution in [3.8, 4) is 17.2 Å². The summed E-state index contributed by atoms with van der Waals surface area (Å²) in [4.78, 5) is 17.0. The summed E-state index contributed by atoms with van der Waals surface area (Å²) in [7, 11) is 1.60. The van der Waals surface area contributed by atoms with E-state index in [0.29, 0.717) is 33.4 Å². The number of benzene rings is 3. The normalized spacial score (nSPS) is 10.8. The molecule has 0 radical (unpaired) electrons. The number of nitrogens with one attached hydrogen (secondary N) is 2. The third-order valence-electron chi connectivity index (χ3n) is 4.45. The van der Waals surface area contributed by atoms with Crippen LogP contribution in [-0.2, 0) is 0 Å². The van der Waals surface area contributed by atoms with Crippen LogP contribution in [0, 0.1) is 0 Å². The summed E-state index contributed by atoms with van der Waals surface area (Å²) in [5.74, 6) is 0.736. The minimum Gasteiger partial charge on any atom is -0.496 e. The number of aromatic nitrogens is 1. The molecule has 0 atom stereocenters. The lowest BCUT2D eigenvalue weighted by molar-refractivity contribution is 0.0978. The van der Waals surface area contributed by atoms with Crippen LogP contribution < -0.4 is 15.4 Å². The standard InChI is InChI=1S/C22H14BrCl2N3O3S/c1-30-18-6-2-11(8-15(18)23)21-27-17-10-13(4-7-19(17)31-21)26-22(32)28-20(29)14-5-3-12(24)9-16(14)25/h2-10H,1H3,(H2,26,28,29,32). The van der Waals surface area contributed by atoms with Crippen LogP contribution in [0.4, 0.5) is 5.69 Å². The van der Waals surface area contributed by atoms with E-state index in [0.717, 1.165) is 10.0 Å². The van der Waals surface area contributed by atoms with Gasteiger partial charge in [0.25, 0.3) is 5.91 Å². The lowest BCUT2D eigenvalue weighted by Crippen LogP contribution is -2.34. The second kappa shape index (κ2) is 9.46. The SMILES string of the molecule is COc1ccc(-c2nc3cc(NC(=S)NC(=O)c4ccc(Cl)cc4Cl)ccc3o2)cc1Br. The molecule has 0 unspecified atom stereocenters. The van der Waals surface area contributed by atoms with Gasteiger partial charge in [-0.2, -0.15) is 0 Å². The van der Waals surface area contributed by atoms with E-state index < -0.39 is 5.91 Å². The lowest BCUT2D eigenvalue weighted by atomic mass is 10.2. The highest BCUT2D eigenvalue weighted by atomic mass is 79.9. The predicted molar refractivity (Wildman–Crippen MR) is 134 cm³/mol. The van der Waals surface area contributed by atoms with E-state index in [1.54, 1.807) is 31.4 Å². The number of carbonyl (C=O) groups is 1. The van der Waals surface area contributed by atoms with Crippen LogP contribution in [0.3, 0.4) is 0 Å². The molecule has 4 aromatic rings. The van der Waals surface area contributed by atoms with Gasteiger partial charge in [0, 0.05) is 16.3 Å². The molecule has 0 fully saturated rings. The van der Waals surface area contributed by atoms with Crippen molar-refractivity contribution in [3.05, 3.63) is 74.7 Å². The van der Waals surface area contributed by atoms with Crippen LogP contribution in [0.2, 0.25) is 10.0 Å². The molecule has 0 aliphatic carbocycles. The molecule has 6 nitrogen and oxygen atoms in total. The average molecular weight is 551 g/mol. The zero-order valence-electron chi connectivity index (χ0n) is 16.4. The minimum absolute atomic E-state index is 0.114. The summed E-state index contributed by atoms with van der Waals surface area (Å²) in [6.07, 6.45) is 0. The fourth-order valence-electron chi connectivity index (χ4n) is 2.93. The zero-order chi connectivity index (χ0) is 22.8. The maximum absolute atomic E-state index is 12.4. The van der Waals surface area contributed by atoms with Crippen molar-refractivity contribution in [3.63, 3.8) is 0 Å². The number of fused-ring (bicyclic) bond motifs is 1. The predicted octanol–water partition coefficient (Wildman–Crippen LogP) is 6.70. The molecule has 0 spiro atoms. The first-order valence-corrected chi connectivity index (χ1v) is 11.1. The van der Waals surface area contributed by atoms with Crippen molar-refractivity contribution < 1.29 is 13.9 Å². The Balaban J connectivity index is 1.49. The third-order valence-corrected chi connectivity index (χ3v) is 5.82. The number of rotatable bonds is 4. The van der Waals surface area contributed by atoms with Gasteiger partial charge in [-0.15, -0.1) is 0 Å². The van der Waals surface area contributed by atoms with E-state index in [-0.39, 0.29) is 15.7 Å². The molecule has 1 amide bonds. The first-order valence-electron chi connectivity index (χ1n) is 9.16. The fraction of sp³-hybridized carbons (Fsp3) is 0.0455. The molecule has 4 rings (SSSR count). The van der Waals surface area contributed by atoms with Gasteiger partial charge >= 0.3 is 0 Å².